The summed E-state index contributed by atoms with van der Waals surface area (Å²) in [5.74, 6) is 24.4. The zero-order valence-corrected chi connectivity index (χ0v) is 75.0. The van der Waals surface area contributed by atoms with Gasteiger partial charge in [-0.25, -0.2) is 0 Å². The van der Waals surface area contributed by atoms with Crippen LogP contribution in [0.2, 0.25) is 0 Å². The standard InChI is InChI=1S/2C10H14.4C7H14.4C7H12.2C5H12.C4H10.2C2H6/c2*1-10(2,3)9-7-5-4-6-8-9;8*1-5-6-7(2,3)4;2*1-5(2,3)4;1-4(2)3;2*1-2/h2*4-8H,1-3H3;4*5-6H,1-4H3;4*1-4H3;2*1-4H3;4H,1-3H3;2*1-2H3/b;;4*6-5+;;;;;;;;;. The molecule has 0 aliphatic carbocycles. The first-order valence-electron chi connectivity index (χ1n) is 35.9. The molecule has 0 atom stereocenters. The lowest BCUT2D eigenvalue weighted by molar-refractivity contribution is 0.469. The number of hydrogen-bond donors (Lipinski definition) is 0. The van der Waals surface area contributed by atoms with E-state index >= 15 is 0 Å². The van der Waals surface area contributed by atoms with Crippen LogP contribution in [-0.4, -0.2) is 0 Å². The Morgan fingerprint density at radius 2 is 0.372 bits per heavy atom. The highest BCUT2D eigenvalue weighted by atomic mass is 14.2. The van der Waals surface area contributed by atoms with Crippen molar-refractivity contribution in [1.29, 1.82) is 0 Å². The Labute approximate surface area is 602 Å². The Kier molecular flexibility index (Phi) is 82.4. The first kappa shape index (κ1) is 120. The predicted octanol–water partition coefficient (Wildman–Crippen LogP) is 32.4. The zero-order chi connectivity index (χ0) is 79.1. The molecule has 0 amide bonds. The predicted molar refractivity (Wildman–Crippen MR) is 452 cm³/mol. The Hall–Kier alpha value is -4.36. The van der Waals surface area contributed by atoms with Crippen LogP contribution in [0.3, 0.4) is 0 Å². The summed E-state index contributed by atoms with van der Waals surface area (Å²) in [6, 6.07) is 21.1. The number of benzene rings is 2. The zero-order valence-electron chi connectivity index (χ0n) is 75.0. The van der Waals surface area contributed by atoms with Crippen molar-refractivity contribution in [1.82, 2.24) is 0 Å². The highest BCUT2D eigenvalue weighted by Crippen LogP contribution is 2.22. The molecule has 0 bridgehead atoms. The van der Waals surface area contributed by atoms with Gasteiger partial charge in [0.05, 0.1) is 0 Å². The number of rotatable bonds is 0. The quantitative estimate of drug-likeness (QED) is 0.182. The van der Waals surface area contributed by atoms with Gasteiger partial charge in [0.15, 0.2) is 0 Å². The lowest BCUT2D eigenvalue weighted by atomic mass is 9.87. The summed E-state index contributed by atoms with van der Waals surface area (Å²) >= 11 is 0. The molecule has 554 valence electrons. The maximum Gasteiger partial charge on any atom is 0.0230 e. The SMILES string of the molecule is C/C=C/C(C)(C)C.C/C=C/C(C)(C)C.C/C=C/C(C)(C)C.C/C=C/C(C)(C)C.CC.CC.CC#CC(C)(C)C.CC#CC(C)(C)C.CC#CC(C)(C)C.CC#CC(C)(C)C.CC(C)(C)C.CC(C)(C)C.CC(C)(C)c1ccccc1.CC(C)(C)c1ccccc1.CC(C)C. The first-order valence-corrected chi connectivity index (χ1v) is 35.9. The van der Waals surface area contributed by atoms with E-state index in [0.29, 0.717) is 43.3 Å². The summed E-state index contributed by atoms with van der Waals surface area (Å²) in [4.78, 5) is 0. The van der Waals surface area contributed by atoms with Crippen molar-refractivity contribution in [3.63, 3.8) is 0 Å². The smallest absolute Gasteiger partial charge is 0.0230 e. The highest BCUT2D eigenvalue weighted by Gasteiger charge is 2.13. The Bertz CT molecular complexity index is 1960. The largest absolute Gasteiger partial charge is 0.106 e. The van der Waals surface area contributed by atoms with Crippen LogP contribution in [0.1, 0.15) is 378 Å². The summed E-state index contributed by atoms with van der Waals surface area (Å²) in [5.41, 5.74) is 6.62. The summed E-state index contributed by atoms with van der Waals surface area (Å²) in [5, 5.41) is 0. The lowest BCUT2D eigenvalue weighted by Crippen LogP contribution is -2.10. The Balaban J connectivity index is -0.0000000688. The van der Waals surface area contributed by atoms with Crippen molar-refractivity contribution >= 4 is 0 Å². The second-order valence-corrected chi connectivity index (χ2v) is 36.9. The van der Waals surface area contributed by atoms with Crippen molar-refractivity contribution in [2.75, 3.05) is 0 Å². The van der Waals surface area contributed by atoms with Gasteiger partial charge in [-0.1, -0.05) is 361 Å². The average molecular weight is 1310 g/mol. The maximum atomic E-state index is 3.03. The van der Waals surface area contributed by atoms with Crippen LogP contribution in [-0.2, 0) is 10.8 Å². The fraction of sp³-hybridized carbons (Fsp3) is 0.702. The molecule has 0 nitrogen and oxygen atoms in total. The van der Waals surface area contributed by atoms with Gasteiger partial charge in [-0.3, -0.25) is 0 Å². The Morgan fingerprint density at radius 1 is 0.255 bits per heavy atom. The average Bonchev–Trinajstić information content (AvgIpc) is 1.02. The fourth-order valence-corrected chi connectivity index (χ4v) is 5.38. The molecule has 0 radical (unpaired) electrons. The van der Waals surface area contributed by atoms with Crippen LogP contribution >= 0.6 is 0 Å². The first-order chi connectivity index (χ1) is 41.4. The van der Waals surface area contributed by atoms with Gasteiger partial charge < -0.3 is 0 Å². The molecule has 0 aromatic heterocycles. The molecule has 0 fully saturated rings. The van der Waals surface area contributed by atoms with E-state index in [4.69, 9.17) is 0 Å². The van der Waals surface area contributed by atoms with Crippen molar-refractivity contribution in [2.24, 2.45) is 60.1 Å². The second kappa shape index (κ2) is 64.6. The molecule has 0 saturated carbocycles. The molecule has 0 heterocycles. The summed E-state index contributed by atoms with van der Waals surface area (Å²) < 4.78 is 0. The van der Waals surface area contributed by atoms with E-state index in [2.05, 4.69) is 441 Å². The van der Waals surface area contributed by atoms with Crippen molar-refractivity contribution in [2.45, 2.75) is 378 Å². The molecule has 2 aromatic rings. The van der Waals surface area contributed by atoms with Crippen molar-refractivity contribution < 1.29 is 0 Å². The molecule has 0 spiro atoms. The van der Waals surface area contributed by atoms with E-state index in [1.165, 1.54) is 11.1 Å². The number of allylic oxidation sites excluding steroid dienone is 8. The van der Waals surface area contributed by atoms with Crippen LogP contribution in [0.15, 0.2) is 109 Å². The summed E-state index contributed by atoms with van der Waals surface area (Å²) in [6.45, 7) is 112. The summed E-state index contributed by atoms with van der Waals surface area (Å²) in [6.07, 6.45) is 17.1. The highest BCUT2D eigenvalue weighted by molar-refractivity contribution is 5.23. The summed E-state index contributed by atoms with van der Waals surface area (Å²) in [7, 11) is 0. The molecular weight excluding hydrogens is 1130 g/mol. The normalized spacial score (nSPS) is 11.0. The molecule has 2 rings (SSSR count). The molecule has 0 unspecified atom stereocenters. The van der Waals surface area contributed by atoms with Gasteiger partial charge in [0.25, 0.3) is 0 Å². The Morgan fingerprint density at radius 3 is 0.404 bits per heavy atom. The third-order valence-electron chi connectivity index (χ3n) is 7.95. The van der Waals surface area contributed by atoms with E-state index in [0.717, 1.165) is 5.92 Å². The van der Waals surface area contributed by atoms with Gasteiger partial charge >= 0.3 is 0 Å². The van der Waals surface area contributed by atoms with Gasteiger partial charge in [-0.15, -0.1) is 23.7 Å². The minimum Gasteiger partial charge on any atom is -0.106 e. The number of hydrogen-bond acceptors (Lipinski definition) is 0. The van der Waals surface area contributed by atoms with Crippen LogP contribution in [0.4, 0.5) is 0 Å². The van der Waals surface area contributed by atoms with Crippen LogP contribution < -0.4 is 0 Å². The molecule has 0 heteroatoms. The molecular formula is C94H178. The molecule has 94 heavy (non-hydrogen) atoms. The van der Waals surface area contributed by atoms with Gasteiger partial charge in [-0.2, -0.15) is 0 Å². The van der Waals surface area contributed by atoms with E-state index in [9.17, 15) is 0 Å². The van der Waals surface area contributed by atoms with Gasteiger partial charge in [0.2, 0.25) is 0 Å². The van der Waals surface area contributed by atoms with Gasteiger partial charge in [0, 0.05) is 21.7 Å². The van der Waals surface area contributed by atoms with Crippen molar-refractivity contribution in [3.05, 3.63) is 120 Å². The second-order valence-electron chi connectivity index (χ2n) is 36.9. The molecule has 0 saturated heterocycles. The van der Waals surface area contributed by atoms with Crippen molar-refractivity contribution in [3.8, 4) is 47.4 Å². The minimum absolute atomic E-state index is 0.189. The molecule has 0 N–H and O–H groups in total. The molecule has 0 aliphatic heterocycles. The van der Waals surface area contributed by atoms with Crippen LogP contribution in [0, 0.1) is 107 Å². The molecule has 2 aromatic carbocycles. The van der Waals surface area contributed by atoms with Gasteiger partial charge in [-0.05, 0) is 199 Å². The molecule has 0 aliphatic rings. The lowest BCUT2D eigenvalue weighted by Gasteiger charge is -2.18. The third kappa shape index (κ3) is 213. The van der Waals surface area contributed by atoms with E-state index in [-0.39, 0.29) is 21.7 Å². The third-order valence-corrected chi connectivity index (χ3v) is 7.95. The maximum absolute atomic E-state index is 3.03. The van der Waals surface area contributed by atoms with E-state index < -0.39 is 0 Å². The fourth-order valence-electron chi connectivity index (χ4n) is 5.38. The van der Waals surface area contributed by atoms with E-state index in [1.807, 2.05) is 83.1 Å². The monoisotopic (exact) mass is 1310 g/mol. The minimum atomic E-state index is 0.189. The van der Waals surface area contributed by atoms with E-state index in [1.54, 1.807) is 0 Å². The van der Waals surface area contributed by atoms with Crippen LogP contribution in [0.5, 0.6) is 0 Å². The van der Waals surface area contributed by atoms with Gasteiger partial charge in [0.1, 0.15) is 0 Å². The van der Waals surface area contributed by atoms with Crippen LogP contribution in [0.25, 0.3) is 0 Å². The topological polar surface area (TPSA) is 0 Å².